The number of likely N-dealkylation sites (tertiary alicyclic amines) is 1. The van der Waals surface area contributed by atoms with E-state index >= 15 is 0 Å². The fourth-order valence-electron chi connectivity index (χ4n) is 4.44. The van der Waals surface area contributed by atoms with Gasteiger partial charge in [-0.2, -0.15) is 0 Å². The molecule has 0 radical (unpaired) electrons. The van der Waals surface area contributed by atoms with Gasteiger partial charge in [0.15, 0.2) is 0 Å². The number of ether oxygens (including phenoxy) is 2. The summed E-state index contributed by atoms with van der Waals surface area (Å²) < 4.78 is 61.6. The van der Waals surface area contributed by atoms with Crippen LogP contribution in [-0.4, -0.2) is 37.5 Å². The molecule has 2 atom stereocenters. The van der Waals surface area contributed by atoms with E-state index in [9.17, 15) is 17.6 Å². The Balaban J connectivity index is 1.41. The van der Waals surface area contributed by atoms with E-state index in [1.54, 1.807) is 24.3 Å². The SMILES string of the molecule is Fc1ccc(NC(c2cccc(OC(F)(F)F)c2)C2CCN(CCCOc3ccccc3)C2)cc1. The lowest BCUT2D eigenvalue weighted by molar-refractivity contribution is -0.274. The number of nitrogens with one attached hydrogen (secondary N) is 1. The number of alkyl halides is 3. The van der Waals surface area contributed by atoms with E-state index < -0.39 is 6.36 Å². The van der Waals surface area contributed by atoms with Crippen molar-refractivity contribution in [1.29, 1.82) is 0 Å². The highest BCUT2D eigenvalue weighted by Crippen LogP contribution is 2.35. The summed E-state index contributed by atoms with van der Waals surface area (Å²) in [6.07, 6.45) is -3.01. The Bertz CT molecular complexity index is 1060. The normalized spacial score (nSPS) is 17.2. The van der Waals surface area contributed by atoms with Crippen LogP contribution in [0, 0.1) is 11.7 Å². The number of hydrogen-bond acceptors (Lipinski definition) is 4. The van der Waals surface area contributed by atoms with E-state index in [4.69, 9.17) is 4.74 Å². The van der Waals surface area contributed by atoms with Crippen LogP contribution < -0.4 is 14.8 Å². The zero-order valence-corrected chi connectivity index (χ0v) is 19.2. The van der Waals surface area contributed by atoms with Gasteiger partial charge in [-0.3, -0.25) is 0 Å². The van der Waals surface area contributed by atoms with Crippen molar-refractivity contribution in [3.8, 4) is 11.5 Å². The smallest absolute Gasteiger partial charge is 0.494 e. The molecule has 0 aliphatic carbocycles. The van der Waals surface area contributed by atoms with E-state index in [2.05, 4.69) is 15.0 Å². The third-order valence-electron chi connectivity index (χ3n) is 6.03. The molecule has 1 saturated heterocycles. The van der Waals surface area contributed by atoms with Gasteiger partial charge in [0.1, 0.15) is 17.3 Å². The fourth-order valence-corrected chi connectivity index (χ4v) is 4.44. The minimum atomic E-state index is -4.76. The number of halogens is 4. The predicted octanol–water partition coefficient (Wildman–Crippen LogP) is 6.67. The maximum absolute atomic E-state index is 13.4. The number of para-hydroxylation sites is 1. The van der Waals surface area contributed by atoms with E-state index in [-0.39, 0.29) is 23.5 Å². The van der Waals surface area contributed by atoms with Crippen LogP contribution in [0.3, 0.4) is 0 Å². The van der Waals surface area contributed by atoms with Crippen LogP contribution in [0.5, 0.6) is 11.5 Å². The summed E-state index contributed by atoms with van der Waals surface area (Å²) in [6, 6.07) is 21.4. The summed E-state index contributed by atoms with van der Waals surface area (Å²) >= 11 is 0. The summed E-state index contributed by atoms with van der Waals surface area (Å²) in [5.41, 5.74) is 1.39. The van der Waals surface area contributed by atoms with Crippen LogP contribution in [0.1, 0.15) is 24.4 Å². The number of hydrogen-bond donors (Lipinski definition) is 1. The molecule has 8 heteroatoms. The third-order valence-corrected chi connectivity index (χ3v) is 6.03. The van der Waals surface area contributed by atoms with Gasteiger partial charge in [-0.05, 0) is 79.4 Å². The average Bonchev–Trinajstić information content (AvgIpc) is 3.30. The van der Waals surface area contributed by atoms with E-state index in [0.717, 1.165) is 38.2 Å². The lowest BCUT2D eigenvalue weighted by Crippen LogP contribution is -2.27. The van der Waals surface area contributed by atoms with Crippen molar-refractivity contribution in [2.24, 2.45) is 5.92 Å². The summed E-state index contributed by atoms with van der Waals surface area (Å²) in [6.45, 7) is 3.15. The maximum atomic E-state index is 13.4. The van der Waals surface area contributed by atoms with Crippen LogP contribution >= 0.6 is 0 Å². The quantitative estimate of drug-likeness (QED) is 0.255. The molecule has 3 aromatic carbocycles. The zero-order chi connectivity index (χ0) is 24.7. The molecule has 1 aliphatic rings. The van der Waals surface area contributed by atoms with Crippen molar-refractivity contribution < 1.29 is 27.0 Å². The van der Waals surface area contributed by atoms with Crippen molar-refractivity contribution in [2.75, 3.05) is 31.6 Å². The van der Waals surface area contributed by atoms with Crippen molar-refractivity contribution in [2.45, 2.75) is 25.2 Å². The summed E-state index contributed by atoms with van der Waals surface area (Å²) in [5, 5.41) is 3.41. The third kappa shape index (κ3) is 7.62. The number of anilines is 1. The average molecular weight is 489 g/mol. The van der Waals surface area contributed by atoms with Gasteiger partial charge < -0.3 is 19.7 Å². The minimum absolute atomic E-state index is 0.149. The molecule has 1 aliphatic heterocycles. The Morgan fingerprint density at radius 2 is 1.69 bits per heavy atom. The van der Waals surface area contributed by atoms with Crippen LogP contribution in [0.2, 0.25) is 0 Å². The van der Waals surface area contributed by atoms with Gasteiger partial charge in [-0.25, -0.2) is 4.39 Å². The lowest BCUT2D eigenvalue weighted by atomic mass is 9.91. The van der Waals surface area contributed by atoms with Crippen LogP contribution in [0.25, 0.3) is 0 Å². The van der Waals surface area contributed by atoms with Crippen LogP contribution in [-0.2, 0) is 0 Å². The Morgan fingerprint density at radius 1 is 0.943 bits per heavy atom. The second-order valence-corrected chi connectivity index (χ2v) is 8.61. The molecule has 0 amide bonds. The van der Waals surface area contributed by atoms with E-state index in [0.29, 0.717) is 17.9 Å². The van der Waals surface area contributed by atoms with Crippen LogP contribution in [0.15, 0.2) is 78.9 Å². The molecule has 4 rings (SSSR count). The monoisotopic (exact) mass is 488 g/mol. The van der Waals surface area contributed by atoms with Gasteiger partial charge in [-0.1, -0.05) is 30.3 Å². The van der Waals surface area contributed by atoms with E-state index in [1.807, 2.05) is 30.3 Å². The lowest BCUT2D eigenvalue weighted by Gasteiger charge is -2.27. The van der Waals surface area contributed by atoms with Crippen molar-refractivity contribution in [3.05, 3.63) is 90.2 Å². The standard InChI is InChI=1S/C27H28F4N2O2/c28-22-10-12-23(13-11-22)32-26(20-6-4-9-25(18-20)35-27(29,30)31)21-14-16-33(19-21)15-5-17-34-24-7-2-1-3-8-24/h1-4,6-13,18,21,26,32H,5,14-17,19H2. The highest BCUT2D eigenvalue weighted by atomic mass is 19.4. The minimum Gasteiger partial charge on any atom is -0.494 e. The Hall–Kier alpha value is -3.26. The molecule has 1 fully saturated rings. The second-order valence-electron chi connectivity index (χ2n) is 8.61. The molecule has 186 valence electrons. The van der Waals surface area contributed by atoms with E-state index in [1.165, 1.54) is 24.3 Å². The largest absolute Gasteiger partial charge is 0.573 e. The first-order valence-electron chi connectivity index (χ1n) is 11.6. The van der Waals surface area contributed by atoms with Gasteiger partial charge in [-0.15, -0.1) is 13.2 Å². The molecule has 2 unspecified atom stereocenters. The fraction of sp³-hybridized carbons (Fsp3) is 0.333. The molecule has 1 heterocycles. The summed E-state index contributed by atoms with van der Waals surface area (Å²) in [7, 11) is 0. The van der Waals surface area contributed by atoms with Crippen molar-refractivity contribution in [1.82, 2.24) is 4.90 Å². The molecular weight excluding hydrogens is 460 g/mol. The highest BCUT2D eigenvalue weighted by Gasteiger charge is 2.33. The first kappa shape index (κ1) is 24.9. The Kier molecular flexibility index (Phi) is 8.13. The maximum Gasteiger partial charge on any atom is 0.573 e. The van der Waals surface area contributed by atoms with Crippen LogP contribution in [0.4, 0.5) is 23.2 Å². The molecule has 1 N–H and O–H groups in total. The highest BCUT2D eigenvalue weighted by molar-refractivity contribution is 5.46. The Labute approximate surface area is 202 Å². The molecule has 0 aromatic heterocycles. The van der Waals surface area contributed by atoms with Gasteiger partial charge >= 0.3 is 6.36 Å². The van der Waals surface area contributed by atoms with Gasteiger partial charge in [0, 0.05) is 18.8 Å². The molecule has 0 saturated carbocycles. The van der Waals surface area contributed by atoms with Crippen molar-refractivity contribution >= 4 is 5.69 Å². The predicted molar refractivity (Wildman–Crippen MR) is 127 cm³/mol. The topological polar surface area (TPSA) is 33.7 Å². The van der Waals surface area contributed by atoms with Gasteiger partial charge in [0.2, 0.25) is 0 Å². The van der Waals surface area contributed by atoms with Crippen molar-refractivity contribution in [3.63, 3.8) is 0 Å². The molecule has 3 aromatic rings. The number of benzene rings is 3. The molecular formula is C27H28F4N2O2. The number of rotatable bonds is 10. The second kappa shape index (κ2) is 11.4. The molecule has 35 heavy (non-hydrogen) atoms. The molecule has 0 bridgehead atoms. The summed E-state index contributed by atoms with van der Waals surface area (Å²) in [4.78, 5) is 2.34. The van der Waals surface area contributed by atoms with Gasteiger partial charge in [0.05, 0.1) is 12.6 Å². The first-order valence-corrected chi connectivity index (χ1v) is 11.6. The Morgan fingerprint density at radius 3 is 2.43 bits per heavy atom. The number of nitrogens with zero attached hydrogens (tertiary/aromatic N) is 1. The zero-order valence-electron chi connectivity index (χ0n) is 19.2. The first-order chi connectivity index (χ1) is 16.9. The summed E-state index contributed by atoms with van der Waals surface area (Å²) in [5.74, 6) is 0.388. The molecule has 0 spiro atoms. The van der Waals surface area contributed by atoms with Gasteiger partial charge in [0.25, 0.3) is 0 Å². The molecule has 4 nitrogen and oxygen atoms in total.